The van der Waals surface area contributed by atoms with Gasteiger partial charge in [0.25, 0.3) is 0 Å². The molecule has 1 rings (SSSR count). The van der Waals surface area contributed by atoms with Crippen LogP contribution in [0.1, 0.15) is 26.0 Å². The first kappa shape index (κ1) is 15.8. The molecule has 0 bridgehead atoms. The van der Waals surface area contributed by atoms with Crippen LogP contribution in [-0.4, -0.2) is 40.7 Å². The average molecular weight is 265 g/mol. The van der Waals surface area contributed by atoms with E-state index in [4.69, 9.17) is 0 Å². The van der Waals surface area contributed by atoms with Crippen LogP contribution in [0.3, 0.4) is 0 Å². The SMILES string of the molecule is CC(C)N(C)CCCNCc1csnn1.Cl. The lowest BCUT2D eigenvalue weighted by Gasteiger charge is -2.20. The van der Waals surface area contributed by atoms with Crippen molar-refractivity contribution in [2.24, 2.45) is 0 Å². The minimum Gasteiger partial charge on any atom is -0.311 e. The van der Waals surface area contributed by atoms with Crippen molar-refractivity contribution < 1.29 is 0 Å². The lowest BCUT2D eigenvalue weighted by molar-refractivity contribution is 0.269. The van der Waals surface area contributed by atoms with Gasteiger partial charge in [0.2, 0.25) is 0 Å². The third kappa shape index (κ3) is 6.37. The Kier molecular flexibility index (Phi) is 8.74. The smallest absolute Gasteiger partial charge is 0.0893 e. The lowest BCUT2D eigenvalue weighted by Crippen LogP contribution is -2.29. The zero-order chi connectivity index (χ0) is 11.1. The molecule has 94 valence electrons. The molecule has 0 radical (unpaired) electrons. The van der Waals surface area contributed by atoms with E-state index in [0.29, 0.717) is 6.04 Å². The molecule has 16 heavy (non-hydrogen) atoms. The molecule has 0 saturated carbocycles. The van der Waals surface area contributed by atoms with Crippen molar-refractivity contribution in [2.45, 2.75) is 32.9 Å². The molecule has 0 aliphatic heterocycles. The number of rotatable bonds is 7. The van der Waals surface area contributed by atoms with E-state index < -0.39 is 0 Å². The molecule has 0 atom stereocenters. The van der Waals surface area contributed by atoms with Crippen molar-refractivity contribution in [3.63, 3.8) is 0 Å². The van der Waals surface area contributed by atoms with E-state index in [0.717, 1.165) is 25.3 Å². The standard InChI is InChI=1S/C10H20N4S.ClH/c1-9(2)14(3)6-4-5-11-7-10-8-15-13-12-10;/h8-9,11H,4-7H2,1-3H3;1H. The summed E-state index contributed by atoms with van der Waals surface area (Å²) < 4.78 is 3.82. The van der Waals surface area contributed by atoms with Gasteiger partial charge in [-0.2, -0.15) is 0 Å². The van der Waals surface area contributed by atoms with Crippen molar-refractivity contribution in [1.29, 1.82) is 0 Å². The molecule has 0 unspecified atom stereocenters. The number of hydrogen-bond acceptors (Lipinski definition) is 5. The van der Waals surface area contributed by atoms with Crippen LogP contribution in [0.15, 0.2) is 5.38 Å². The van der Waals surface area contributed by atoms with Gasteiger partial charge in [-0.3, -0.25) is 0 Å². The molecule has 0 aromatic carbocycles. The van der Waals surface area contributed by atoms with Crippen molar-refractivity contribution in [1.82, 2.24) is 19.8 Å². The average Bonchev–Trinajstić information content (AvgIpc) is 2.69. The van der Waals surface area contributed by atoms with Crippen LogP contribution < -0.4 is 5.32 Å². The number of halogens is 1. The molecule has 6 heteroatoms. The van der Waals surface area contributed by atoms with Crippen molar-refractivity contribution in [3.05, 3.63) is 11.1 Å². The third-order valence-corrected chi connectivity index (χ3v) is 3.01. The number of nitrogens with one attached hydrogen (secondary N) is 1. The monoisotopic (exact) mass is 264 g/mol. The summed E-state index contributed by atoms with van der Waals surface area (Å²) in [7, 11) is 2.16. The summed E-state index contributed by atoms with van der Waals surface area (Å²) in [5, 5.41) is 9.31. The van der Waals surface area contributed by atoms with Crippen molar-refractivity contribution >= 4 is 23.9 Å². The van der Waals surface area contributed by atoms with Gasteiger partial charge in [-0.15, -0.1) is 17.5 Å². The number of nitrogens with zero attached hydrogens (tertiary/aromatic N) is 3. The summed E-state index contributed by atoms with van der Waals surface area (Å²) >= 11 is 1.40. The summed E-state index contributed by atoms with van der Waals surface area (Å²) in [6.45, 7) is 7.44. The highest BCUT2D eigenvalue weighted by atomic mass is 35.5. The van der Waals surface area contributed by atoms with E-state index >= 15 is 0 Å². The molecule has 0 saturated heterocycles. The summed E-state index contributed by atoms with van der Waals surface area (Å²) in [6, 6.07) is 0.632. The van der Waals surface area contributed by atoms with E-state index in [1.165, 1.54) is 18.0 Å². The first-order chi connectivity index (χ1) is 7.20. The minimum atomic E-state index is 0. The van der Waals surface area contributed by atoms with Crippen molar-refractivity contribution in [3.8, 4) is 0 Å². The van der Waals surface area contributed by atoms with Crippen molar-refractivity contribution in [2.75, 3.05) is 20.1 Å². The molecule has 1 N–H and O–H groups in total. The second-order valence-electron chi connectivity index (χ2n) is 4.00. The first-order valence-corrected chi connectivity index (χ1v) is 6.20. The summed E-state index contributed by atoms with van der Waals surface area (Å²) in [6.07, 6.45) is 1.17. The molecule has 1 heterocycles. The van der Waals surface area contributed by atoms with Crippen LogP contribution in [0.25, 0.3) is 0 Å². The molecular weight excluding hydrogens is 244 g/mol. The predicted molar refractivity (Wildman–Crippen MR) is 71.2 cm³/mol. The van der Waals surface area contributed by atoms with E-state index in [9.17, 15) is 0 Å². The van der Waals surface area contributed by atoms with E-state index in [-0.39, 0.29) is 12.4 Å². The summed E-state index contributed by atoms with van der Waals surface area (Å²) in [4.78, 5) is 2.35. The number of hydrogen-bond donors (Lipinski definition) is 1. The van der Waals surface area contributed by atoms with Crippen LogP contribution in [0.4, 0.5) is 0 Å². The lowest BCUT2D eigenvalue weighted by atomic mass is 10.3. The van der Waals surface area contributed by atoms with Gasteiger partial charge < -0.3 is 10.2 Å². The Hall–Kier alpha value is -0.230. The Morgan fingerprint density at radius 1 is 1.50 bits per heavy atom. The van der Waals surface area contributed by atoms with Crippen LogP contribution >= 0.6 is 23.9 Å². The Bertz CT molecular complexity index is 253. The predicted octanol–water partition coefficient (Wildman–Crippen LogP) is 1.78. The summed E-state index contributed by atoms with van der Waals surface area (Å²) in [5.74, 6) is 0. The normalized spacial score (nSPS) is 10.8. The second-order valence-corrected chi connectivity index (χ2v) is 4.61. The van der Waals surface area contributed by atoms with Gasteiger partial charge in [0.05, 0.1) is 5.69 Å². The van der Waals surface area contributed by atoms with Crippen LogP contribution in [-0.2, 0) is 6.54 Å². The molecule has 1 aromatic rings. The maximum absolute atomic E-state index is 3.97. The minimum absolute atomic E-state index is 0. The van der Waals surface area contributed by atoms with E-state index in [1.807, 2.05) is 5.38 Å². The van der Waals surface area contributed by atoms with Gasteiger partial charge in [0, 0.05) is 18.0 Å². The van der Waals surface area contributed by atoms with Crippen LogP contribution in [0.5, 0.6) is 0 Å². The Balaban J connectivity index is 0.00000225. The van der Waals surface area contributed by atoms with Gasteiger partial charge in [-0.25, -0.2) is 0 Å². The van der Waals surface area contributed by atoms with Gasteiger partial charge in [0.1, 0.15) is 0 Å². The molecular formula is C10H21ClN4S. The molecule has 0 aliphatic carbocycles. The highest BCUT2D eigenvalue weighted by Crippen LogP contribution is 1.97. The zero-order valence-electron chi connectivity index (χ0n) is 10.1. The van der Waals surface area contributed by atoms with Gasteiger partial charge in [0.15, 0.2) is 0 Å². The van der Waals surface area contributed by atoms with Gasteiger partial charge in [-0.1, -0.05) is 4.49 Å². The van der Waals surface area contributed by atoms with Gasteiger partial charge >= 0.3 is 0 Å². The first-order valence-electron chi connectivity index (χ1n) is 5.37. The summed E-state index contributed by atoms with van der Waals surface area (Å²) in [5.41, 5.74) is 1.04. The number of aromatic nitrogens is 2. The largest absolute Gasteiger partial charge is 0.311 e. The van der Waals surface area contributed by atoms with E-state index in [1.54, 1.807) is 0 Å². The highest BCUT2D eigenvalue weighted by Gasteiger charge is 2.01. The van der Waals surface area contributed by atoms with Gasteiger partial charge in [-0.05, 0) is 51.9 Å². The molecule has 0 fully saturated rings. The highest BCUT2D eigenvalue weighted by molar-refractivity contribution is 7.03. The third-order valence-electron chi connectivity index (χ3n) is 2.46. The Morgan fingerprint density at radius 2 is 2.25 bits per heavy atom. The second kappa shape index (κ2) is 8.87. The van der Waals surface area contributed by atoms with Crippen LogP contribution in [0.2, 0.25) is 0 Å². The quantitative estimate of drug-likeness (QED) is 0.763. The fourth-order valence-corrected chi connectivity index (χ4v) is 1.64. The fraction of sp³-hybridized carbons (Fsp3) is 0.800. The molecule has 0 spiro atoms. The fourth-order valence-electron chi connectivity index (χ4n) is 1.19. The van der Waals surface area contributed by atoms with E-state index in [2.05, 4.69) is 40.7 Å². The Labute approximate surface area is 108 Å². The Morgan fingerprint density at radius 3 is 2.81 bits per heavy atom. The molecule has 1 aromatic heterocycles. The molecule has 0 amide bonds. The zero-order valence-corrected chi connectivity index (χ0v) is 11.8. The molecule has 4 nitrogen and oxygen atoms in total. The van der Waals surface area contributed by atoms with Crippen LogP contribution in [0, 0.1) is 0 Å². The maximum atomic E-state index is 3.97. The maximum Gasteiger partial charge on any atom is 0.0893 e. The topological polar surface area (TPSA) is 41.0 Å². The molecule has 0 aliphatic rings.